The average molecular weight is 584 g/mol. The van der Waals surface area contributed by atoms with Gasteiger partial charge < -0.3 is 19.4 Å². The Labute approximate surface area is 242 Å². The molecule has 4 aliphatic heterocycles. The highest BCUT2D eigenvalue weighted by molar-refractivity contribution is 6.24. The molecular weight excluding hydrogens is 549 g/mol. The van der Waals surface area contributed by atoms with E-state index in [0.29, 0.717) is 58.5 Å². The van der Waals surface area contributed by atoms with Gasteiger partial charge in [0.1, 0.15) is 17.5 Å². The monoisotopic (exact) mass is 583 g/mol. The van der Waals surface area contributed by atoms with Crippen molar-refractivity contribution in [3.05, 3.63) is 41.2 Å². The Morgan fingerprint density at radius 2 is 1.55 bits per heavy atom. The summed E-state index contributed by atoms with van der Waals surface area (Å²) in [6.07, 6.45) is 3.69. The molecule has 4 aliphatic rings. The third-order valence-electron chi connectivity index (χ3n) is 7.91. The second-order valence-corrected chi connectivity index (χ2v) is 12.0. The van der Waals surface area contributed by atoms with Crippen LogP contribution in [0.1, 0.15) is 60.7 Å². The Bertz CT molecular complexity index is 1370. The largest absolute Gasteiger partial charge is 0.444 e. The molecule has 224 valence electrons. The summed E-state index contributed by atoms with van der Waals surface area (Å²) in [6, 6.07) is 1.01. The lowest BCUT2D eigenvalue weighted by molar-refractivity contribution is -0.133. The number of rotatable bonds is 4. The quantitative estimate of drug-likeness (QED) is 0.529. The number of anilines is 1. The van der Waals surface area contributed by atoms with Crippen molar-refractivity contribution in [2.45, 2.75) is 51.7 Å². The summed E-state index contributed by atoms with van der Waals surface area (Å²) in [5, 5.41) is 2.06. The fourth-order valence-corrected chi connectivity index (χ4v) is 5.69. The number of hydrogen-bond acceptors (Lipinski definition) is 8. The van der Waals surface area contributed by atoms with Crippen LogP contribution in [0, 0.1) is 11.7 Å². The number of nitrogens with zero attached hydrogens (tertiary/aromatic N) is 4. The number of imide groups is 2. The summed E-state index contributed by atoms with van der Waals surface area (Å²) in [7, 11) is 0. The number of fused-ring (bicyclic) bond motifs is 1. The molecule has 6 amide bonds. The van der Waals surface area contributed by atoms with E-state index in [-0.39, 0.29) is 34.7 Å². The van der Waals surface area contributed by atoms with E-state index in [1.165, 1.54) is 12.1 Å². The highest BCUT2D eigenvalue weighted by atomic mass is 19.1. The molecule has 12 nitrogen and oxygen atoms in total. The van der Waals surface area contributed by atoms with Gasteiger partial charge in [-0.3, -0.25) is 34.2 Å². The number of ether oxygens (including phenoxy) is 1. The van der Waals surface area contributed by atoms with Gasteiger partial charge >= 0.3 is 6.09 Å². The number of likely N-dealkylation sites (tertiary alicyclic amines) is 1. The summed E-state index contributed by atoms with van der Waals surface area (Å²) in [6.45, 7) is 7.95. The van der Waals surface area contributed by atoms with Crippen LogP contribution < -0.4 is 10.2 Å². The molecule has 2 saturated heterocycles. The van der Waals surface area contributed by atoms with Crippen molar-refractivity contribution in [3.63, 3.8) is 0 Å². The van der Waals surface area contributed by atoms with Crippen LogP contribution in [0.4, 0.5) is 14.9 Å². The predicted octanol–water partition coefficient (Wildman–Crippen LogP) is 1.69. The molecule has 1 N–H and O–H groups in total. The lowest BCUT2D eigenvalue weighted by atomic mass is 9.93. The van der Waals surface area contributed by atoms with Crippen molar-refractivity contribution < 1.29 is 37.9 Å². The number of nitrogens with one attached hydrogen (secondary N) is 1. The molecule has 42 heavy (non-hydrogen) atoms. The van der Waals surface area contributed by atoms with Crippen LogP contribution in [-0.2, 0) is 19.1 Å². The van der Waals surface area contributed by atoms with Gasteiger partial charge in [0.2, 0.25) is 11.8 Å². The van der Waals surface area contributed by atoms with E-state index in [1.54, 1.807) is 14.7 Å². The minimum Gasteiger partial charge on any atom is -0.444 e. The first-order valence-corrected chi connectivity index (χ1v) is 14.1. The standard InChI is InChI=1S/C29H34FN5O7/c1-29(2,3)42-28(41)34-8-6-17(7-9-34)14-24(37)33-12-10-32(11-13-33)22-16-19-18(15-20(22)30)26(39)35(27(19)40)21-4-5-23(36)31-25(21)38/h4-5,15-17,21H,6-14H2,1-3H3,(H,31,36,38). The number of carbonyl (C=O) groups excluding carboxylic acids is 6. The third-order valence-corrected chi connectivity index (χ3v) is 7.91. The molecule has 1 aromatic carbocycles. The molecule has 13 heteroatoms. The number of carbonyl (C=O) groups is 6. The molecule has 2 fully saturated rings. The number of hydrogen-bond donors (Lipinski definition) is 1. The zero-order chi connectivity index (χ0) is 30.3. The van der Waals surface area contributed by atoms with Crippen LogP contribution >= 0.6 is 0 Å². The topological polar surface area (TPSA) is 137 Å². The maximum Gasteiger partial charge on any atom is 0.410 e. The summed E-state index contributed by atoms with van der Waals surface area (Å²) in [5.41, 5.74) is -0.594. The zero-order valence-electron chi connectivity index (χ0n) is 23.9. The van der Waals surface area contributed by atoms with Crippen molar-refractivity contribution in [2.75, 3.05) is 44.2 Å². The summed E-state index contributed by atoms with van der Waals surface area (Å²) in [5.74, 6) is -3.54. The molecule has 1 unspecified atom stereocenters. The highest BCUT2D eigenvalue weighted by Gasteiger charge is 2.44. The molecule has 0 aliphatic carbocycles. The number of halogens is 1. The predicted molar refractivity (Wildman–Crippen MR) is 147 cm³/mol. The zero-order valence-corrected chi connectivity index (χ0v) is 23.9. The smallest absolute Gasteiger partial charge is 0.410 e. The average Bonchev–Trinajstić information content (AvgIpc) is 3.16. The van der Waals surface area contributed by atoms with Gasteiger partial charge in [0.05, 0.1) is 16.8 Å². The third kappa shape index (κ3) is 5.86. The van der Waals surface area contributed by atoms with Crippen molar-refractivity contribution in [1.29, 1.82) is 0 Å². The van der Waals surface area contributed by atoms with Gasteiger partial charge in [-0.1, -0.05) is 0 Å². The van der Waals surface area contributed by atoms with Crippen LogP contribution in [0.15, 0.2) is 24.3 Å². The second-order valence-electron chi connectivity index (χ2n) is 12.0. The van der Waals surface area contributed by atoms with E-state index < -0.39 is 41.1 Å². The fourth-order valence-electron chi connectivity index (χ4n) is 5.69. The van der Waals surface area contributed by atoms with Crippen molar-refractivity contribution in [2.24, 2.45) is 5.92 Å². The molecule has 1 atom stereocenters. The summed E-state index contributed by atoms with van der Waals surface area (Å²) < 4.78 is 20.6. The van der Waals surface area contributed by atoms with E-state index in [0.717, 1.165) is 17.0 Å². The van der Waals surface area contributed by atoms with Gasteiger partial charge in [-0.2, -0.15) is 0 Å². The fraction of sp³-hybridized carbons (Fsp3) is 0.517. The normalized spacial score (nSPS) is 21.6. The molecule has 0 radical (unpaired) electrons. The molecule has 0 bridgehead atoms. The van der Waals surface area contributed by atoms with Gasteiger partial charge in [0.15, 0.2) is 0 Å². The van der Waals surface area contributed by atoms with E-state index in [9.17, 15) is 28.8 Å². The van der Waals surface area contributed by atoms with Crippen molar-refractivity contribution >= 4 is 41.3 Å². The minimum absolute atomic E-state index is 0.00787. The second kappa shape index (κ2) is 11.2. The van der Waals surface area contributed by atoms with Crippen LogP contribution in [-0.4, -0.2) is 101 Å². The van der Waals surface area contributed by atoms with Gasteiger partial charge in [-0.25, -0.2) is 9.18 Å². The molecule has 1 aromatic rings. The Hall–Kier alpha value is -4.29. The lowest BCUT2D eigenvalue weighted by Crippen LogP contribution is -2.51. The first kappa shape index (κ1) is 29.2. The van der Waals surface area contributed by atoms with Crippen LogP contribution in [0.3, 0.4) is 0 Å². The molecule has 0 saturated carbocycles. The van der Waals surface area contributed by atoms with Crippen molar-refractivity contribution in [3.8, 4) is 0 Å². The van der Waals surface area contributed by atoms with Crippen LogP contribution in [0.2, 0.25) is 0 Å². The Kier molecular flexibility index (Phi) is 7.78. The summed E-state index contributed by atoms with van der Waals surface area (Å²) >= 11 is 0. The Balaban J connectivity index is 1.16. The Morgan fingerprint density at radius 1 is 0.929 bits per heavy atom. The van der Waals surface area contributed by atoms with E-state index in [2.05, 4.69) is 5.32 Å². The highest BCUT2D eigenvalue weighted by Crippen LogP contribution is 2.32. The van der Waals surface area contributed by atoms with Gasteiger partial charge in [-0.05, 0) is 57.7 Å². The Morgan fingerprint density at radius 3 is 2.14 bits per heavy atom. The lowest BCUT2D eigenvalue weighted by Gasteiger charge is -2.38. The minimum atomic E-state index is -1.30. The number of amides is 6. The number of piperidine rings is 1. The van der Waals surface area contributed by atoms with Gasteiger partial charge in [0.25, 0.3) is 17.7 Å². The maximum atomic E-state index is 15.2. The van der Waals surface area contributed by atoms with E-state index >= 15 is 4.39 Å². The van der Waals surface area contributed by atoms with Crippen LogP contribution in [0.5, 0.6) is 0 Å². The molecule has 0 spiro atoms. The molecule has 4 heterocycles. The van der Waals surface area contributed by atoms with E-state index in [4.69, 9.17) is 4.74 Å². The van der Waals surface area contributed by atoms with Crippen LogP contribution in [0.25, 0.3) is 0 Å². The maximum absolute atomic E-state index is 15.2. The van der Waals surface area contributed by atoms with Gasteiger partial charge in [-0.15, -0.1) is 0 Å². The van der Waals surface area contributed by atoms with Gasteiger partial charge in [0, 0.05) is 51.8 Å². The molecular formula is C29H34FN5O7. The first-order chi connectivity index (χ1) is 19.8. The van der Waals surface area contributed by atoms with E-state index in [1.807, 2.05) is 20.8 Å². The first-order valence-electron chi connectivity index (χ1n) is 14.1. The summed E-state index contributed by atoms with van der Waals surface area (Å²) in [4.78, 5) is 80.9. The number of benzene rings is 1. The SMILES string of the molecule is CC(C)(C)OC(=O)N1CCC(CC(=O)N2CCN(c3cc4c(cc3F)C(=O)N(C3C=CC(=O)NC3=O)C4=O)CC2)CC1. The molecule has 5 rings (SSSR count). The number of piperazine rings is 1. The van der Waals surface area contributed by atoms with Crippen molar-refractivity contribution in [1.82, 2.24) is 20.0 Å². The molecule has 0 aromatic heterocycles.